The van der Waals surface area contributed by atoms with Crippen LogP contribution >= 0.6 is 0 Å². The first-order valence-corrected chi connectivity index (χ1v) is 4.69. The summed E-state index contributed by atoms with van der Waals surface area (Å²) in [5.74, 6) is 4.62. The molecule has 2 N–H and O–H groups in total. The van der Waals surface area contributed by atoms with Gasteiger partial charge in [-0.15, -0.1) is 0 Å². The maximum Gasteiger partial charge on any atom is 0.273 e. The molecule has 0 radical (unpaired) electrons. The zero-order chi connectivity index (χ0) is 12.1. The molecule has 16 heavy (non-hydrogen) atoms. The first kappa shape index (κ1) is 12.1. The van der Waals surface area contributed by atoms with Gasteiger partial charge < -0.3 is 5.73 Å². The van der Waals surface area contributed by atoms with Gasteiger partial charge >= 0.3 is 0 Å². The number of nitro groups is 1. The highest BCUT2D eigenvalue weighted by Gasteiger charge is 2.14. The molecule has 0 aliphatic carbocycles. The van der Waals surface area contributed by atoms with E-state index in [1.54, 1.807) is 0 Å². The number of halogens is 1. The number of nitro benzene ring substituents is 1. The number of nitrogens with two attached hydrogens (primary N) is 1. The lowest BCUT2D eigenvalue weighted by molar-refractivity contribution is -0.385. The van der Waals surface area contributed by atoms with Crippen molar-refractivity contribution in [3.05, 3.63) is 39.2 Å². The van der Waals surface area contributed by atoms with Crippen LogP contribution in [0.1, 0.15) is 17.5 Å². The van der Waals surface area contributed by atoms with E-state index in [1.165, 1.54) is 6.92 Å². The molecular weight excluding hydrogens is 211 g/mol. The Morgan fingerprint density at radius 1 is 1.56 bits per heavy atom. The zero-order valence-corrected chi connectivity index (χ0v) is 8.79. The summed E-state index contributed by atoms with van der Waals surface area (Å²) in [5.41, 5.74) is 5.42. The van der Waals surface area contributed by atoms with Crippen molar-refractivity contribution in [2.24, 2.45) is 5.73 Å². The summed E-state index contributed by atoms with van der Waals surface area (Å²) < 4.78 is 13.4. The van der Waals surface area contributed by atoms with E-state index in [2.05, 4.69) is 11.8 Å². The molecule has 0 fully saturated rings. The SMILES string of the molecule is Cc1cc(F)c(C#CCCN)cc1[N+](=O)[O-]. The Bertz CT molecular complexity index is 475. The van der Waals surface area contributed by atoms with Crippen LogP contribution in [0.25, 0.3) is 0 Å². The van der Waals surface area contributed by atoms with Gasteiger partial charge in [0.15, 0.2) is 0 Å². The second-order valence-corrected chi connectivity index (χ2v) is 3.22. The summed E-state index contributed by atoms with van der Waals surface area (Å²) >= 11 is 0. The van der Waals surface area contributed by atoms with Crippen LogP contribution in [-0.2, 0) is 0 Å². The van der Waals surface area contributed by atoms with Gasteiger partial charge in [0, 0.05) is 24.6 Å². The molecule has 4 nitrogen and oxygen atoms in total. The van der Waals surface area contributed by atoms with Gasteiger partial charge in [0.05, 0.1) is 10.5 Å². The summed E-state index contributed by atoms with van der Waals surface area (Å²) in [6, 6.07) is 2.26. The average Bonchev–Trinajstić information content (AvgIpc) is 2.21. The monoisotopic (exact) mass is 222 g/mol. The third-order valence-electron chi connectivity index (χ3n) is 1.97. The number of hydrogen-bond donors (Lipinski definition) is 1. The van der Waals surface area contributed by atoms with Gasteiger partial charge in [0.2, 0.25) is 0 Å². The van der Waals surface area contributed by atoms with E-state index >= 15 is 0 Å². The van der Waals surface area contributed by atoms with Crippen LogP contribution in [0.3, 0.4) is 0 Å². The quantitative estimate of drug-likeness (QED) is 0.470. The van der Waals surface area contributed by atoms with E-state index in [-0.39, 0.29) is 16.8 Å². The molecule has 84 valence electrons. The van der Waals surface area contributed by atoms with E-state index in [0.717, 1.165) is 12.1 Å². The summed E-state index contributed by atoms with van der Waals surface area (Å²) in [6.07, 6.45) is 0.432. The molecule has 0 bridgehead atoms. The van der Waals surface area contributed by atoms with Crippen LogP contribution in [0.4, 0.5) is 10.1 Å². The number of nitrogens with zero attached hydrogens (tertiary/aromatic N) is 1. The molecule has 0 aromatic heterocycles. The molecule has 5 heteroatoms. The number of rotatable bonds is 2. The normalized spacial score (nSPS) is 9.44. The minimum Gasteiger partial charge on any atom is -0.330 e. The van der Waals surface area contributed by atoms with E-state index < -0.39 is 10.7 Å². The lowest BCUT2D eigenvalue weighted by Gasteiger charge is -1.99. The molecule has 0 heterocycles. The summed E-state index contributed by atoms with van der Waals surface area (Å²) in [5, 5.41) is 10.6. The van der Waals surface area contributed by atoms with Crippen molar-refractivity contribution in [3.63, 3.8) is 0 Å². The van der Waals surface area contributed by atoms with Crippen LogP contribution in [0.15, 0.2) is 12.1 Å². The van der Waals surface area contributed by atoms with Crippen LogP contribution in [0.5, 0.6) is 0 Å². The second-order valence-electron chi connectivity index (χ2n) is 3.22. The lowest BCUT2D eigenvalue weighted by Crippen LogP contribution is -1.97. The smallest absolute Gasteiger partial charge is 0.273 e. The Kier molecular flexibility index (Phi) is 3.97. The van der Waals surface area contributed by atoms with Gasteiger partial charge in [-0.25, -0.2) is 4.39 Å². The fourth-order valence-corrected chi connectivity index (χ4v) is 1.18. The van der Waals surface area contributed by atoms with Crippen LogP contribution in [0, 0.1) is 34.7 Å². The van der Waals surface area contributed by atoms with Crippen molar-refractivity contribution in [2.75, 3.05) is 6.54 Å². The number of aryl methyl sites for hydroxylation is 1. The van der Waals surface area contributed by atoms with E-state index in [4.69, 9.17) is 5.73 Å². The Morgan fingerprint density at radius 2 is 2.25 bits per heavy atom. The zero-order valence-electron chi connectivity index (χ0n) is 8.79. The summed E-state index contributed by atoms with van der Waals surface area (Å²) in [6.45, 7) is 1.86. The highest BCUT2D eigenvalue weighted by atomic mass is 19.1. The van der Waals surface area contributed by atoms with Crippen LogP contribution in [-0.4, -0.2) is 11.5 Å². The predicted octanol–water partition coefficient (Wildman–Crippen LogP) is 1.74. The Labute approximate surface area is 92.4 Å². The summed E-state index contributed by atoms with van der Waals surface area (Å²) in [7, 11) is 0. The fraction of sp³-hybridized carbons (Fsp3) is 0.273. The molecule has 0 amide bonds. The van der Waals surface area contributed by atoms with Crippen LogP contribution in [0.2, 0.25) is 0 Å². The van der Waals surface area contributed by atoms with Gasteiger partial charge in [-0.1, -0.05) is 11.8 Å². The topological polar surface area (TPSA) is 69.2 Å². The maximum absolute atomic E-state index is 13.4. The standard InChI is InChI=1S/C11H11FN2O2/c1-8-6-10(12)9(4-2-3-5-13)7-11(8)14(15)16/h6-7H,3,5,13H2,1H3. The first-order valence-electron chi connectivity index (χ1n) is 4.69. The Morgan fingerprint density at radius 3 is 2.81 bits per heavy atom. The predicted molar refractivity (Wildman–Crippen MR) is 58.3 cm³/mol. The molecule has 1 aromatic carbocycles. The summed E-state index contributed by atoms with van der Waals surface area (Å²) in [4.78, 5) is 10.1. The van der Waals surface area contributed by atoms with Gasteiger partial charge in [0.1, 0.15) is 5.82 Å². The van der Waals surface area contributed by atoms with Gasteiger partial charge in [0.25, 0.3) is 5.69 Å². The minimum atomic E-state index is -0.553. The maximum atomic E-state index is 13.4. The average molecular weight is 222 g/mol. The highest BCUT2D eigenvalue weighted by molar-refractivity contribution is 5.49. The Balaban J connectivity index is 3.16. The molecule has 0 aliphatic heterocycles. The van der Waals surface area contributed by atoms with Gasteiger partial charge in [-0.05, 0) is 13.0 Å². The Hall–Kier alpha value is -1.93. The number of benzene rings is 1. The first-order chi connectivity index (χ1) is 7.56. The van der Waals surface area contributed by atoms with E-state index in [1.807, 2.05) is 0 Å². The van der Waals surface area contributed by atoms with Crippen molar-refractivity contribution in [1.82, 2.24) is 0 Å². The van der Waals surface area contributed by atoms with Gasteiger partial charge in [-0.3, -0.25) is 10.1 Å². The molecule has 0 saturated carbocycles. The molecule has 0 atom stereocenters. The second kappa shape index (κ2) is 5.24. The largest absolute Gasteiger partial charge is 0.330 e. The molecule has 0 aliphatic rings. The van der Waals surface area contributed by atoms with Crippen molar-refractivity contribution < 1.29 is 9.31 Å². The highest BCUT2D eigenvalue weighted by Crippen LogP contribution is 2.21. The molecule has 1 rings (SSSR count). The molecule has 0 spiro atoms. The van der Waals surface area contributed by atoms with Crippen molar-refractivity contribution >= 4 is 5.69 Å². The molecule has 0 saturated heterocycles. The van der Waals surface area contributed by atoms with Crippen molar-refractivity contribution in [1.29, 1.82) is 0 Å². The fourth-order valence-electron chi connectivity index (χ4n) is 1.18. The molecule has 0 unspecified atom stereocenters. The molecular formula is C11H11FN2O2. The van der Waals surface area contributed by atoms with Gasteiger partial charge in [-0.2, -0.15) is 0 Å². The number of hydrogen-bond acceptors (Lipinski definition) is 3. The minimum absolute atomic E-state index is 0.0331. The third-order valence-corrected chi connectivity index (χ3v) is 1.97. The lowest BCUT2D eigenvalue weighted by atomic mass is 10.1. The van der Waals surface area contributed by atoms with Crippen molar-refractivity contribution in [2.45, 2.75) is 13.3 Å². The van der Waals surface area contributed by atoms with Crippen molar-refractivity contribution in [3.8, 4) is 11.8 Å². The third kappa shape index (κ3) is 2.78. The van der Waals surface area contributed by atoms with E-state index in [0.29, 0.717) is 13.0 Å². The molecule has 1 aromatic rings. The van der Waals surface area contributed by atoms with E-state index in [9.17, 15) is 14.5 Å². The van der Waals surface area contributed by atoms with Crippen LogP contribution < -0.4 is 5.73 Å².